The fourth-order valence-corrected chi connectivity index (χ4v) is 7.14. The SMILES string of the molecule is COC(=O)[C@@H]1CCCCCCCc2nc(no2)COc2ccccc2C(=O)N[C@H](CC(C)C)C(=O)N2CCC[C@@H]2C(=O)N(C)[C@@H](Cc2cccnc2)C(=O)N1. The fourth-order valence-electron chi connectivity index (χ4n) is 7.14. The second-order valence-corrected chi connectivity index (χ2v) is 14.7. The van der Waals surface area contributed by atoms with Crippen molar-refractivity contribution in [3.05, 3.63) is 71.6 Å². The van der Waals surface area contributed by atoms with Crippen LogP contribution in [0.2, 0.25) is 0 Å². The predicted octanol–water partition coefficient (Wildman–Crippen LogP) is 3.80. The topological polar surface area (TPSA) is 186 Å². The Morgan fingerprint density at radius 3 is 2.51 bits per heavy atom. The molecule has 2 aliphatic heterocycles. The highest BCUT2D eigenvalue weighted by Gasteiger charge is 2.42. The molecule has 2 N–H and O–H groups in total. The van der Waals surface area contributed by atoms with Gasteiger partial charge in [-0.15, -0.1) is 0 Å². The molecule has 2 aliphatic rings. The van der Waals surface area contributed by atoms with E-state index in [9.17, 15) is 24.0 Å². The number of ether oxygens (including phenoxy) is 2. The lowest BCUT2D eigenvalue weighted by atomic mass is 10.0. The Morgan fingerprint density at radius 1 is 0.964 bits per heavy atom. The van der Waals surface area contributed by atoms with Crippen molar-refractivity contribution in [1.82, 2.24) is 35.6 Å². The number of benzene rings is 1. The molecule has 1 fully saturated rings. The maximum Gasteiger partial charge on any atom is 0.328 e. The van der Waals surface area contributed by atoms with Crippen LogP contribution < -0.4 is 15.4 Å². The van der Waals surface area contributed by atoms with E-state index >= 15 is 0 Å². The Morgan fingerprint density at radius 2 is 1.75 bits per heavy atom. The smallest absolute Gasteiger partial charge is 0.328 e. The average Bonchev–Trinajstić information content (AvgIpc) is 3.87. The van der Waals surface area contributed by atoms with E-state index in [-0.39, 0.29) is 30.4 Å². The molecule has 2 aromatic heterocycles. The van der Waals surface area contributed by atoms with Crippen LogP contribution in [0, 0.1) is 5.92 Å². The van der Waals surface area contributed by atoms with Crippen molar-refractivity contribution in [3.8, 4) is 5.75 Å². The summed E-state index contributed by atoms with van der Waals surface area (Å²) in [5, 5.41) is 9.83. The molecule has 4 atom stereocenters. The molecular formula is C40H53N7O8. The quantitative estimate of drug-likeness (QED) is 0.361. The maximum atomic E-state index is 14.4. The van der Waals surface area contributed by atoms with Crippen molar-refractivity contribution >= 4 is 29.6 Å². The molecule has 1 saturated heterocycles. The molecule has 0 saturated carbocycles. The van der Waals surface area contributed by atoms with Crippen LogP contribution in [0.25, 0.3) is 0 Å². The highest BCUT2D eigenvalue weighted by Crippen LogP contribution is 2.25. The van der Waals surface area contributed by atoms with Gasteiger partial charge in [-0.1, -0.05) is 62.9 Å². The summed E-state index contributed by atoms with van der Waals surface area (Å²) in [7, 11) is 2.83. The molecule has 4 amide bonds. The monoisotopic (exact) mass is 759 g/mol. The lowest BCUT2D eigenvalue weighted by molar-refractivity contribution is -0.149. The average molecular weight is 760 g/mol. The van der Waals surface area contributed by atoms with E-state index in [2.05, 4.69) is 25.8 Å². The summed E-state index contributed by atoms with van der Waals surface area (Å²) in [6, 6.07) is 6.58. The highest BCUT2D eigenvalue weighted by molar-refractivity contribution is 6.00. The summed E-state index contributed by atoms with van der Waals surface area (Å²) >= 11 is 0. The summed E-state index contributed by atoms with van der Waals surface area (Å²) in [6.45, 7) is 4.20. The van der Waals surface area contributed by atoms with Crippen LogP contribution in [0.3, 0.4) is 0 Å². The minimum absolute atomic E-state index is 0.0209. The molecule has 5 rings (SSSR count). The molecule has 2 bridgehead atoms. The number of nitrogens with one attached hydrogen (secondary N) is 2. The van der Waals surface area contributed by atoms with Crippen LogP contribution in [0.1, 0.15) is 99.3 Å². The first-order valence-corrected chi connectivity index (χ1v) is 19.2. The number of hydrogen-bond donors (Lipinski definition) is 2. The zero-order valence-electron chi connectivity index (χ0n) is 32.2. The molecule has 296 valence electrons. The third kappa shape index (κ3) is 11.1. The molecule has 15 heteroatoms. The largest absolute Gasteiger partial charge is 0.485 e. The summed E-state index contributed by atoms with van der Waals surface area (Å²) in [5.41, 5.74) is 0.953. The molecule has 0 radical (unpaired) electrons. The molecule has 55 heavy (non-hydrogen) atoms. The van der Waals surface area contributed by atoms with Crippen molar-refractivity contribution in [3.63, 3.8) is 0 Å². The predicted molar refractivity (Wildman–Crippen MR) is 200 cm³/mol. The van der Waals surface area contributed by atoms with Crippen LogP contribution in [-0.4, -0.2) is 99.4 Å². The van der Waals surface area contributed by atoms with Crippen molar-refractivity contribution in [2.75, 3.05) is 20.7 Å². The minimum atomic E-state index is -1.02. The van der Waals surface area contributed by atoms with E-state index in [1.807, 2.05) is 19.9 Å². The van der Waals surface area contributed by atoms with Crippen molar-refractivity contribution in [2.24, 2.45) is 5.92 Å². The van der Waals surface area contributed by atoms with Crippen LogP contribution in [0.15, 0.2) is 53.3 Å². The van der Waals surface area contributed by atoms with Gasteiger partial charge in [-0.2, -0.15) is 4.98 Å². The Bertz CT molecular complexity index is 1770. The van der Waals surface area contributed by atoms with Gasteiger partial charge >= 0.3 is 5.97 Å². The van der Waals surface area contributed by atoms with Crippen molar-refractivity contribution in [2.45, 2.75) is 115 Å². The molecule has 3 aromatic rings. The van der Waals surface area contributed by atoms with Gasteiger partial charge in [0.15, 0.2) is 6.61 Å². The van der Waals surface area contributed by atoms with Gasteiger partial charge in [0.1, 0.15) is 29.9 Å². The summed E-state index contributed by atoms with van der Waals surface area (Å²) < 4.78 is 16.5. The maximum absolute atomic E-state index is 14.4. The third-order valence-corrected chi connectivity index (χ3v) is 10.1. The second-order valence-electron chi connectivity index (χ2n) is 14.7. The van der Waals surface area contributed by atoms with E-state index in [1.165, 1.54) is 16.9 Å². The Hall–Kier alpha value is -5.34. The number of amides is 4. The lowest BCUT2D eigenvalue weighted by Gasteiger charge is -2.34. The first-order chi connectivity index (χ1) is 26.5. The number of methoxy groups -OCH3 is 1. The number of aromatic nitrogens is 3. The number of esters is 1. The van der Waals surface area contributed by atoms with Gasteiger partial charge < -0.3 is 34.4 Å². The van der Waals surface area contributed by atoms with Crippen LogP contribution >= 0.6 is 0 Å². The van der Waals surface area contributed by atoms with E-state index in [1.54, 1.807) is 49.8 Å². The molecule has 0 unspecified atom stereocenters. The number of hydrogen-bond acceptors (Lipinski definition) is 11. The van der Waals surface area contributed by atoms with E-state index in [0.29, 0.717) is 62.5 Å². The van der Waals surface area contributed by atoms with Gasteiger partial charge in [-0.3, -0.25) is 24.2 Å². The molecular weight excluding hydrogens is 706 g/mol. The third-order valence-electron chi connectivity index (χ3n) is 10.1. The van der Waals surface area contributed by atoms with E-state index < -0.39 is 47.9 Å². The zero-order valence-corrected chi connectivity index (χ0v) is 32.2. The Kier molecular flexibility index (Phi) is 14.7. The van der Waals surface area contributed by atoms with Gasteiger partial charge in [-0.25, -0.2) is 4.79 Å². The number of likely N-dealkylation sites (N-methyl/N-ethyl adjacent to an activating group) is 1. The number of rotatable bonds is 5. The second kappa shape index (κ2) is 19.8. The number of fused-ring (bicyclic) bond motifs is 4. The number of nitrogens with zero attached hydrogens (tertiary/aromatic N) is 5. The summed E-state index contributed by atoms with van der Waals surface area (Å²) in [5.74, 6) is -1.23. The Labute approximate surface area is 321 Å². The molecule has 4 heterocycles. The zero-order chi connectivity index (χ0) is 39.3. The van der Waals surface area contributed by atoms with Gasteiger partial charge in [-0.05, 0) is 61.8 Å². The van der Waals surface area contributed by atoms with Gasteiger partial charge in [0.05, 0.1) is 12.7 Å². The summed E-state index contributed by atoms with van der Waals surface area (Å²) in [6.07, 6.45) is 9.69. The molecule has 15 nitrogen and oxygen atoms in total. The number of pyridine rings is 1. The van der Waals surface area contributed by atoms with E-state index in [4.69, 9.17) is 14.0 Å². The fraction of sp³-hybridized carbons (Fsp3) is 0.550. The normalized spacial score (nSPS) is 22.6. The highest BCUT2D eigenvalue weighted by atomic mass is 16.5. The van der Waals surface area contributed by atoms with Gasteiger partial charge in [0.25, 0.3) is 5.91 Å². The first-order valence-electron chi connectivity index (χ1n) is 19.2. The standard InChI is InChI=1S/C40H53N7O8/c1-26(2)22-30-38(50)47-21-13-17-31(47)39(51)46(3)32(23-27-14-12-20-41-24-27)37(49)42-29(40(52)53-4)16-8-6-5-7-9-19-35-44-34(45-55-35)25-54-33-18-11-10-15-28(33)36(48)43-30/h10-12,14-15,18,20,24,26,29-32H,5-9,13,16-17,19,21-23,25H2,1-4H3,(H,42,49)(H,43,48)/t29-,30+,31+,32-/m0/s1. The van der Waals surface area contributed by atoms with Crippen LogP contribution in [0.4, 0.5) is 0 Å². The van der Waals surface area contributed by atoms with Crippen LogP contribution in [0.5, 0.6) is 5.75 Å². The van der Waals surface area contributed by atoms with Gasteiger partial charge in [0, 0.05) is 38.8 Å². The molecule has 0 aliphatic carbocycles. The summed E-state index contributed by atoms with van der Waals surface area (Å²) in [4.78, 5) is 81.0. The number of aryl methyl sites for hydroxylation is 1. The van der Waals surface area contributed by atoms with Crippen LogP contribution in [-0.2, 0) is 43.4 Å². The molecule has 0 spiro atoms. The van der Waals surface area contributed by atoms with E-state index in [0.717, 1.165) is 31.2 Å². The van der Waals surface area contributed by atoms with Crippen molar-refractivity contribution in [1.29, 1.82) is 0 Å². The minimum Gasteiger partial charge on any atom is -0.485 e. The first kappa shape index (κ1) is 40.8. The Balaban J connectivity index is 1.44. The number of carbonyl (C=O) groups excluding carboxylic acids is 5. The molecule has 1 aromatic carbocycles. The van der Waals surface area contributed by atoms with Gasteiger partial charge in [0.2, 0.25) is 29.4 Å². The lowest BCUT2D eigenvalue weighted by Crippen LogP contribution is -2.58. The number of carbonyl (C=O) groups is 5. The number of para-hydroxylation sites is 1. The van der Waals surface area contributed by atoms with Crippen molar-refractivity contribution < 1.29 is 38.0 Å².